The van der Waals surface area contributed by atoms with E-state index in [0.29, 0.717) is 5.56 Å². The van der Waals surface area contributed by atoms with Crippen molar-refractivity contribution in [2.45, 2.75) is 20.8 Å². The molecule has 148 valence electrons. The van der Waals surface area contributed by atoms with Crippen LogP contribution in [0.1, 0.15) is 37.7 Å². The van der Waals surface area contributed by atoms with Gasteiger partial charge in [-0.2, -0.15) is 0 Å². The lowest BCUT2D eigenvalue weighted by atomic mass is 10.1. The van der Waals surface area contributed by atoms with E-state index in [9.17, 15) is 19.7 Å². The molecule has 0 radical (unpaired) electrons. The number of non-ortho nitro benzene ring substituents is 1. The molecule has 0 aliphatic carbocycles. The number of rotatable bonds is 6. The van der Waals surface area contributed by atoms with Crippen molar-refractivity contribution in [3.63, 3.8) is 0 Å². The Hall–Kier alpha value is -3.74. The molecule has 1 amide bonds. The number of Topliss-reactive ketones (excluding diaryl/α,β-unsaturated/α-hetero) is 1. The average molecular weight is 391 g/mol. The molecule has 1 aromatic heterocycles. The third-order valence-electron chi connectivity index (χ3n) is 4.70. The minimum Gasteiger partial charge on any atom is -0.292 e. The summed E-state index contributed by atoms with van der Waals surface area (Å²) < 4.78 is 1.69. The predicted molar refractivity (Wildman–Crippen MR) is 110 cm³/mol. The van der Waals surface area contributed by atoms with Crippen molar-refractivity contribution in [2.24, 2.45) is 0 Å². The molecule has 2 aromatic carbocycles. The number of carbonyl (C=O) groups excluding carboxylic acids is 2. The van der Waals surface area contributed by atoms with Crippen molar-refractivity contribution in [1.29, 1.82) is 0 Å². The topological polar surface area (TPSA) is 85.4 Å². The number of nitro groups is 1. The van der Waals surface area contributed by atoms with Gasteiger partial charge in [0.2, 0.25) is 0 Å². The number of nitrogens with zero attached hydrogens (tertiary/aromatic N) is 3. The van der Waals surface area contributed by atoms with Gasteiger partial charge in [-0.25, -0.2) is 5.01 Å². The summed E-state index contributed by atoms with van der Waals surface area (Å²) in [5.74, 6) is -0.615. The lowest BCUT2D eigenvalue weighted by molar-refractivity contribution is -0.384. The molecular weight excluding hydrogens is 370 g/mol. The minimum atomic E-state index is -0.521. The molecule has 0 unspecified atom stereocenters. The van der Waals surface area contributed by atoms with Crippen LogP contribution in [0.15, 0.2) is 60.7 Å². The lowest BCUT2D eigenvalue weighted by Gasteiger charge is -2.26. The zero-order valence-electron chi connectivity index (χ0n) is 16.5. The zero-order valence-corrected chi connectivity index (χ0v) is 16.5. The van der Waals surface area contributed by atoms with Crippen molar-refractivity contribution < 1.29 is 14.5 Å². The van der Waals surface area contributed by atoms with Gasteiger partial charge < -0.3 is 0 Å². The summed E-state index contributed by atoms with van der Waals surface area (Å²) in [5, 5.41) is 12.2. The van der Waals surface area contributed by atoms with Crippen molar-refractivity contribution >= 4 is 17.4 Å². The van der Waals surface area contributed by atoms with Crippen molar-refractivity contribution in [1.82, 2.24) is 4.68 Å². The van der Waals surface area contributed by atoms with Crippen LogP contribution < -0.4 is 5.01 Å². The van der Waals surface area contributed by atoms with Crippen LogP contribution in [0.4, 0.5) is 5.69 Å². The van der Waals surface area contributed by atoms with Crippen LogP contribution in [0.5, 0.6) is 0 Å². The standard InChI is InChI=1S/C22H21N3O4/c1-15-4-8-18(9-5-15)21(26)14-23(24-16(2)6-7-17(24)3)22(27)19-10-12-20(13-11-19)25(28)29/h4-13H,14H2,1-3H3. The van der Waals surface area contributed by atoms with Crippen molar-refractivity contribution in [3.8, 4) is 0 Å². The Morgan fingerprint density at radius 1 is 0.862 bits per heavy atom. The van der Waals surface area contributed by atoms with Gasteiger partial charge in [0.25, 0.3) is 11.6 Å². The number of benzene rings is 2. The lowest BCUT2D eigenvalue weighted by Crippen LogP contribution is -2.45. The number of aromatic nitrogens is 1. The molecule has 0 N–H and O–H groups in total. The molecular formula is C22H21N3O4. The molecule has 0 saturated heterocycles. The summed E-state index contributed by atoms with van der Waals surface area (Å²) in [6.45, 7) is 5.47. The van der Waals surface area contributed by atoms with Crippen LogP contribution in [0.2, 0.25) is 0 Å². The Morgan fingerprint density at radius 2 is 1.38 bits per heavy atom. The molecule has 0 saturated carbocycles. The maximum Gasteiger partial charge on any atom is 0.273 e. The number of ketones is 1. The normalized spacial score (nSPS) is 10.6. The van der Waals surface area contributed by atoms with Gasteiger partial charge in [-0.1, -0.05) is 29.8 Å². The fourth-order valence-corrected chi connectivity index (χ4v) is 3.12. The highest BCUT2D eigenvalue weighted by molar-refractivity contribution is 6.07. The van der Waals surface area contributed by atoms with Gasteiger partial charge in [0.05, 0.1) is 4.92 Å². The molecule has 29 heavy (non-hydrogen) atoms. The largest absolute Gasteiger partial charge is 0.292 e. The van der Waals surface area contributed by atoms with E-state index in [1.807, 2.05) is 45.0 Å². The van der Waals surface area contributed by atoms with Gasteiger partial charge in [0, 0.05) is 34.6 Å². The molecule has 0 bridgehead atoms. The fourth-order valence-electron chi connectivity index (χ4n) is 3.12. The second-order valence-corrected chi connectivity index (χ2v) is 6.88. The number of nitro benzene ring substituents is 1. The molecule has 0 aliphatic rings. The monoisotopic (exact) mass is 391 g/mol. The molecule has 0 atom stereocenters. The van der Waals surface area contributed by atoms with E-state index in [1.165, 1.54) is 29.3 Å². The molecule has 1 heterocycles. The number of hydrogen-bond donors (Lipinski definition) is 0. The Balaban J connectivity index is 1.97. The molecule has 7 heteroatoms. The van der Waals surface area contributed by atoms with Gasteiger partial charge in [-0.15, -0.1) is 0 Å². The van der Waals surface area contributed by atoms with Crippen molar-refractivity contribution in [2.75, 3.05) is 11.6 Å². The van der Waals surface area contributed by atoms with Crippen LogP contribution >= 0.6 is 0 Å². The second kappa shape index (κ2) is 8.10. The Kier molecular flexibility index (Phi) is 5.59. The number of amides is 1. The van der Waals surface area contributed by atoms with E-state index >= 15 is 0 Å². The third-order valence-corrected chi connectivity index (χ3v) is 4.70. The van der Waals surface area contributed by atoms with Crippen LogP contribution in [-0.2, 0) is 0 Å². The Morgan fingerprint density at radius 3 is 1.90 bits per heavy atom. The van der Waals surface area contributed by atoms with Crippen LogP contribution in [0.25, 0.3) is 0 Å². The van der Waals surface area contributed by atoms with E-state index in [1.54, 1.807) is 16.8 Å². The van der Waals surface area contributed by atoms with Gasteiger partial charge in [0.1, 0.15) is 6.54 Å². The summed E-state index contributed by atoms with van der Waals surface area (Å²) in [7, 11) is 0. The van der Waals surface area contributed by atoms with Crippen LogP contribution in [0, 0.1) is 30.9 Å². The molecule has 0 spiro atoms. The van der Waals surface area contributed by atoms with Gasteiger partial charge in [0.15, 0.2) is 5.78 Å². The first-order valence-electron chi connectivity index (χ1n) is 9.09. The van der Waals surface area contributed by atoms with Crippen LogP contribution in [0.3, 0.4) is 0 Å². The second-order valence-electron chi connectivity index (χ2n) is 6.88. The van der Waals surface area contributed by atoms with Gasteiger partial charge in [-0.3, -0.25) is 24.4 Å². The summed E-state index contributed by atoms with van der Waals surface area (Å²) in [5.41, 5.74) is 3.32. The highest BCUT2D eigenvalue weighted by atomic mass is 16.6. The minimum absolute atomic E-state index is 0.0999. The van der Waals surface area contributed by atoms with E-state index in [2.05, 4.69) is 0 Å². The molecule has 0 aliphatic heterocycles. The smallest absolute Gasteiger partial charge is 0.273 e. The third kappa shape index (κ3) is 4.24. The summed E-state index contributed by atoms with van der Waals surface area (Å²) in [4.78, 5) is 36.5. The molecule has 7 nitrogen and oxygen atoms in total. The maximum absolute atomic E-state index is 13.2. The first-order chi connectivity index (χ1) is 13.8. The predicted octanol–water partition coefficient (Wildman–Crippen LogP) is 3.98. The highest BCUT2D eigenvalue weighted by Crippen LogP contribution is 2.16. The highest BCUT2D eigenvalue weighted by Gasteiger charge is 2.24. The van der Waals surface area contributed by atoms with Crippen LogP contribution in [-0.4, -0.2) is 27.8 Å². The van der Waals surface area contributed by atoms with Gasteiger partial charge >= 0.3 is 0 Å². The molecule has 3 aromatic rings. The molecule has 3 rings (SSSR count). The SMILES string of the molecule is Cc1ccc(C(=O)CN(C(=O)c2ccc([N+](=O)[O-])cc2)n2c(C)ccc2C)cc1. The Labute approximate surface area is 168 Å². The zero-order chi connectivity index (χ0) is 21.1. The summed E-state index contributed by atoms with van der Waals surface area (Å²) in [6.07, 6.45) is 0. The van der Waals surface area contributed by atoms with Crippen molar-refractivity contribution in [3.05, 3.63) is 98.9 Å². The maximum atomic E-state index is 13.2. The first kappa shape index (κ1) is 20.0. The summed E-state index contributed by atoms with van der Waals surface area (Å²) in [6, 6.07) is 16.3. The van der Waals surface area contributed by atoms with E-state index in [4.69, 9.17) is 0 Å². The Bertz CT molecular complexity index is 1050. The quantitative estimate of drug-likeness (QED) is 0.361. The van der Waals surface area contributed by atoms with E-state index < -0.39 is 10.8 Å². The first-order valence-corrected chi connectivity index (χ1v) is 9.09. The summed E-state index contributed by atoms with van der Waals surface area (Å²) >= 11 is 0. The average Bonchev–Trinajstić information content (AvgIpc) is 3.04. The molecule has 0 fully saturated rings. The van der Waals surface area contributed by atoms with E-state index in [-0.39, 0.29) is 23.6 Å². The number of hydrogen-bond acceptors (Lipinski definition) is 4. The fraction of sp³-hybridized carbons (Fsp3) is 0.182. The number of aryl methyl sites for hydroxylation is 3. The van der Waals surface area contributed by atoms with E-state index in [0.717, 1.165) is 17.0 Å². The number of carbonyl (C=O) groups is 2. The van der Waals surface area contributed by atoms with Gasteiger partial charge in [-0.05, 0) is 45.0 Å².